The Morgan fingerprint density at radius 2 is 2.17 bits per heavy atom. The number of ether oxygens (including phenoxy) is 1. The summed E-state index contributed by atoms with van der Waals surface area (Å²) in [6.45, 7) is 0. The maximum absolute atomic E-state index is 9.90. The van der Waals surface area contributed by atoms with Gasteiger partial charge < -0.3 is 9.84 Å². The lowest BCUT2D eigenvalue weighted by Gasteiger charge is -2.04. The van der Waals surface area contributed by atoms with E-state index < -0.39 is 0 Å². The standard InChI is InChI=1S/C16H13BrN4O2S/c1-23-13-4-2-3-10(8-13)15-19-20-16(24)21(15)18-9-11-7-12(17)5-6-14(11)22/h2-9,22H,1H3,(H,20,24)/b18-9-. The lowest BCUT2D eigenvalue weighted by Crippen LogP contribution is -1.95. The number of nitrogens with one attached hydrogen (secondary N) is 1. The van der Waals surface area contributed by atoms with Crippen molar-refractivity contribution in [2.45, 2.75) is 0 Å². The van der Waals surface area contributed by atoms with Crippen LogP contribution in [0.1, 0.15) is 5.56 Å². The summed E-state index contributed by atoms with van der Waals surface area (Å²) in [6, 6.07) is 12.5. The van der Waals surface area contributed by atoms with Crippen LogP contribution < -0.4 is 4.74 Å². The van der Waals surface area contributed by atoms with Gasteiger partial charge >= 0.3 is 0 Å². The van der Waals surface area contributed by atoms with Crippen molar-refractivity contribution in [3.63, 3.8) is 0 Å². The van der Waals surface area contributed by atoms with Crippen molar-refractivity contribution in [1.29, 1.82) is 0 Å². The van der Waals surface area contributed by atoms with E-state index >= 15 is 0 Å². The van der Waals surface area contributed by atoms with E-state index in [4.69, 9.17) is 17.0 Å². The first-order valence-electron chi connectivity index (χ1n) is 6.93. The van der Waals surface area contributed by atoms with Gasteiger partial charge in [0.25, 0.3) is 0 Å². The van der Waals surface area contributed by atoms with Gasteiger partial charge in [-0.15, -0.1) is 0 Å². The largest absolute Gasteiger partial charge is 0.507 e. The lowest BCUT2D eigenvalue weighted by molar-refractivity contribution is 0.415. The Kier molecular flexibility index (Phi) is 4.77. The van der Waals surface area contributed by atoms with Gasteiger partial charge in [0, 0.05) is 15.6 Å². The zero-order chi connectivity index (χ0) is 17.1. The van der Waals surface area contributed by atoms with Crippen molar-refractivity contribution in [2.75, 3.05) is 7.11 Å². The van der Waals surface area contributed by atoms with Gasteiger partial charge in [-0.05, 0) is 42.5 Å². The monoisotopic (exact) mass is 404 g/mol. The molecule has 3 aromatic rings. The van der Waals surface area contributed by atoms with Crippen LogP contribution in [0.2, 0.25) is 0 Å². The van der Waals surface area contributed by atoms with Crippen LogP contribution >= 0.6 is 28.1 Å². The predicted molar refractivity (Wildman–Crippen MR) is 98.2 cm³/mol. The second-order valence-corrected chi connectivity index (χ2v) is 6.15. The van der Waals surface area contributed by atoms with Crippen LogP contribution in [0.5, 0.6) is 11.5 Å². The maximum atomic E-state index is 9.90. The van der Waals surface area contributed by atoms with E-state index in [1.807, 2.05) is 24.3 Å². The second kappa shape index (κ2) is 6.98. The number of aromatic hydroxyl groups is 1. The molecule has 0 amide bonds. The topological polar surface area (TPSA) is 75.4 Å². The van der Waals surface area contributed by atoms with Crippen molar-refractivity contribution >= 4 is 34.4 Å². The first-order chi connectivity index (χ1) is 11.6. The van der Waals surface area contributed by atoms with Crippen LogP contribution in [0.15, 0.2) is 52.0 Å². The molecule has 0 unspecified atom stereocenters. The Balaban J connectivity index is 2.03. The quantitative estimate of drug-likeness (QED) is 0.509. The third-order valence-corrected chi connectivity index (χ3v) is 4.04. The Labute approximate surface area is 151 Å². The number of methoxy groups -OCH3 is 1. The van der Waals surface area contributed by atoms with Gasteiger partial charge in [-0.2, -0.15) is 14.9 Å². The minimum absolute atomic E-state index is 0.125. The Hall–Kier alpha value is -2.45. The highest BCUT2D eigenvalue weighted by molar-refractivity contribution is 9.10. The van der Waals surface area contributed by atoms with Gasteiger partial charge in [-0.3, -0.25) is 0 Å². The number of phenolic OH excluding ortho intramolecular Hbond substituents is 1. The zero-order valence-corrected chi connectivity index (χ0v) is 15.0. The van der Waals surface area contributed by atoms with Crippen LogP contribution in [0, 0.1) is 4.77 Å². The van der Waals surface area contributed by atoms with Crippen LogP contribution in [0.25, 0.3) is 11.4 Å². The Bertz CT molecular complexity index is 965. The molecule has 0 fully saturated rings. The molecule has 1 aromatic heterocycles. The summed E-state index contributed by atoms with van der Waals surface area (Å²) in [6.07, 6.45) is 1.52. The predicted octanol–water partition coefficient (Wildman–Crippen LogP) is 3.97. The fourth-order valence-corrected chi connectivity index (χ4v) is 2.65. The molecule has 6 nitrogen and oxygen atoms in total. The molecule has 24 heavy (non-hydrogen) atoms. The second-order valence-electron chi connectivity index (χ2n) is 4.84. The zero-order valence-electron chi connectivity index (χ0n) is 12.6. The molecule has 0 atom stereocenters. The van der Waals surface area contributed by atoms with E-state index in [0.29, 0.717) is 21.9 Å². The number of aromatic nitrogens is 3. The summed E-state index contributed by atoms with van der Waals surface area (Å²) in [5.41, 5.74) is 1.36. The van der Waals surface area contributed by atoms with Gasteiger partial charge in [-0.1, -0.05) is 28.1 Å². The van der Waals surface area contributed by atoms with E-state index in [0.717, 1.165) is 10.0 Å². The summed E-state index contributed by atoms with van der Waals surface area (Å²) in [5.74, 6) is 1.38. The lowest BCUT2D eigenvalue weighted by atomic mass is 10.2. The molecule has 2 N–H and O–H groups in total. The molecular weight excluding hydrogens is 392 g/mol. The molecule has 3 rings (SSSR count). The van der Waals surface area contributed by atoms with Crippen LogP contribution in [-0.2, 0) is 0 Å². The number of aromatic amines is 1. The number of rotatable bonds is 4. The van der Waals surface area contributed by atoms with Crippen LogP contribution in [-0.4, -0.2) is 33.3 Å². The number of phenols is 1. The highest BCUT2D eigenvalue weighted by Gasteiger charge is 2.09. The van der Waals surface area contributed by atoms with Crippen molar-refractivity contribution in [1.82, 2.24) is 14.9 Å². The van der Waals surface area contributed by atoms with Crippen molar-refractivity contribution in [3.05, 3.63) is 57.3 Å². The fourth-order valence-electron chi connectivity index (χ4n) is 2.10. The molecule has 0 spiro atoms. The Morgan fingerprint density at radius 1 is 1.33 bits per heavy atom. The smallest absolute Gasteiger partial charge is 0.216 e. The minimum Gasteiger partial charge on any atom is -0.507 e. The van der Waals surface area contributed by atoms with Crippen molar-refractivity contribution in [2.24, 2.45) is 5.10 Å². The van der Waals surface area contributed by atoms with E-state index in [-0.39, 0.29) is 5.75 Å². The normalized spacial score (nSPS) is 11.1. The Morgan fingerprint density at radius 3 is 2.96 bits per heavy atom. The van der Waals surface area contributed by atoms with E-state index in [1.54, 1.807) is 25.3 Å². The average molecular weight is 405 g/mol. The first-order valence-corrected chi connectivity index (χ1v) is 8.13. The molecule has 0 saturated heterocycles. The van der Waals surface area contributed by atoms with E-state index in [1.165, 1.54) is 10.9 Å². The molecule has 0 saturated carbocycles. The van der Waals surface area contributed by atoms with E-state index in [2.05, 4.69) is 31.2 Å². The van der Waals surface area contributed by atoms with Gasteiger partial charge in [0.2, 0.25) is 4.77 Å². The van der Waals surface area contributed by atoms with Crippen LogP contribution in [0.3, 0.4) is 0 Å². The summed E-state index contributed by atoms with van der Waals surface area (Å²) in [7, 11) is 1.60. The molecule has 0 aliphatic carbocycles. The van der Waals surface area contributed by atoms with Crippen molar-refractivity contribution in [3.8, 4) is 22.9 Å². The first kappa shape index (κ1) is 16.4. The summed E-state index contributed by atoms with van der Waals surface area (Å²) in [5, 5.41) is 21.2. The third kappa shape index (κ3) is 3.39. The molecule has 1 heterocycles. The molecule has 0 aliphatic rings. The number of benzene rings is 2. The van der Waals surface area contributed by atoms with Gasteiger partial charge in [0.05, 0.1) is 13.3 Å². The summed E-state index contributed by atoms with van der Waals surface area (Å²) >= 11 is 8.60. The van der Waals surface area contributed by atoms with Crippen LogP contribution in [0.4, 0.5) is 0 Å². The van der Waals surface area contributed by atoms with Gasteiger partial charge in [0.1, 0.15) is 11.5 Å². The van der Waals surface area contributed by atoms with Crippen molar-refractivity contribution < 1.29 is 9.84 Å². The maximum Gasteiger partial charge on any atom is 0.216 e. The molecule has 0 aliphatic heterocycles. The molecule has 0 radical (unpaired) electrons. The molecule has 122 valence electrons. The average Bonchev–Trinajstić information content (AvgIpc) is 2.96. The minimum atomic E-state index is 0.125. The molecule has 8 heteroatoms. The molecular formula is C16H13BrN4O2S. The van der Waals surface area contributed by atoms with Gasteiger partial charge in [-0.25, -0.2) is 5.10 Å². The van der Waals surface area contributed by atoms with Gasteiger partial charge in [0.15, 0.2) is 5.82 Å². The highest BCUT2D eigenvalue weighted by atomic mass is 79.9. The SMILES string of the molecule is COc1cccc(-c2n[nH]c(=S)n2/N=C\c2cc(Br)ccc2O)c1. The highest BCUT2D eigenvalue weighted by Crippen LogP contribution is 2.23. The number of H-pyrrole nitrogens is 1. The third-order valence-electron chi connectivity index (χ3n) is 3.28. The van der Waals surface area contributed by atoms with E-state index in [9.17, 15) is 5.11 Å². The summed E-state index contributed by atoms with van der Waals surface area (Å²) in [4.78, 5) is 0. The molecule has 2 aromatic carbocycles. The number of nitrogens with zero attached hydrogens (tertiary/aromatic N) is 3. The number of hydrogen-bond donors (Lipinski definition) is 2. The fraction of sp³-hybridized carbons (Fsp3) is 0.0625. The summed E-state index contributed by atoms with van der Waals surface area (Å²) < 4.78 is 7.91. The molecule has 0 bridgehead atoms. The number of hydrogen-bond acceptors (Lipinski definition) is 5. The number of halogens is 1.